The van der Waals surface area contributed by atoms with Crippen molar-refractivity contribution >= 4 is 22.0 Å². The van der Waals surface area contributed by atoms with Gasteiger partial charge in [-0.2, -0.15) is 0 Å². The Labute approximate surface area is 150 Å². The second-order valence-electron chi connectivity index (χ2n) is 5.33. The first-order valence-corrected chi connectivity index (χ1v) is 8.73. The van der Waals surface area contributed by atoms with Crippen LogP contribution in [0.4, 0.5) is 4.39 Å². The number of hydrogen-bond donors (Lipinski definition) is 0. The molecule has 0 aliphatic carbocycles. The molecule has 0 spiro atoms. The topological polar surface area (TPSA) is 90.0 Å². The van der Waals surface area contributed by atoms with E-state index in [4.69, 9.17) is 4.74 Å². The van der Waals surface area contributed by atoms with Gasteiger partial charge in [0.15, 0.2) is 0 Å². The summed E-state index contributed by atoms with van der Waals surface area (Å²) in [5.74, 6) is -2.48. The van der Waals surface area contributed by atoms with Crippen molar-refractivity contribution in [3.63, 3.8) is 0 Å². The maximum absolute atomic E-state index is 14.0. The van der Waals surface area contributed by atoms with Crippen molar-refractivity contribution in [3.8, 4) is 5.75 Å². The first kappa shape index (κ1) is 19.5. The van der Waals surface area contributed by atoms with Crippen molar-refractivity contribution in [2.45, 2.75) is 4.90 Å². The minimum atomic E-state index is -3.83. The molecule has 0 saturated carbocycles. The van der Waals surface area contributed by atoms with Crippen LogP contribution in [0.1, 0.15) is 20.7 Å². The van der Waals surface area contributed by atoms with Crippen molar-refractivity contribution < 1.29 is 31.9 Å². The number of nitrogens with zero attached hydrogens (tertiary/aromatic N) is 1. The molecule has 2 rings (SSSR count). The van der Waals surface area contributed by atoms with Gasteiger partial charge in [0.2, 0.25) is 10.0 Å². The van der Waals surface area contributed by atoms with Crippen LogP contribution < -0.4 is 4.74 Å². The molecule has 0 bridgehead atoms. The Kier molecular flexibility index (Phi) is 5.73. The van der Waals surface area contributed by atoms with E-state index in [-0.39, 0.29) is 16.2 Å². The van der Waals surface area contributed by atoms with E-state index in [1.54, 1.807) is 0 Å². The van der Waals surface area contributed by atoms with Crippen LogP contribution >= 0.6 is 0 Å². The van der Waals surface area contributed by atoms with Crippen LogP contribution in [-0.2, 0) is 14.8 Å². The normalized spacial score (nSPS) is 11.3. The Balaban J connectivity index is 2.28. The molecule has 0 aromatic heterocycles. The predicted molar refractivity (Wildman–Crippen MR) is 90.0 cm³/mol. The minimum absolute atomic E-state index is 0.0583. The molecule has 26 heavy (non-hydrogen) atoms. The van der Waals surface area contributed by atoms with E-state index in [0.717, 1.165) is 22.5 Å². The first-order chi connectivity index (χ1) is 12.2. The molecule has 0 unspecified atom stereocenters. The average Bonchev–Trinajstić information content (AvgIpc) is 2.61. The molecular weight excluding hydrogens is 365 g/mol. The van der Waals surface area contributed by atoms with E-state index in [9.17, 15) is 22.4 Å². The maximum atomic E-state index is 14.0. The molecule has 2 aromatic carbocycles. The van der Waals surface area contributed by atoms with Crippen LogP contribution in [0.3, 0.4) is 0 Å². The molecule has 0 N–H and O–H groups in total. The van der Waals surface area contributed by atoms with Gasteiger partial charge in [0, 0.05) is 14.1 Å². The van der Waals surface area contributed by atoms with Crippen LogP contribution in [0.5, 0.6) is 5.75 Å². The second kappa shape index (κ2) is 7.63. The summed E-state index contributed by atoms with van der Waals surface area (Å²) in [6, 6.07) is 8.27. The van der Waals surface area contributed by atoms with Crippen LogP contribution in [0.25, 0.3) is 0 Å². The van der Waals surface area contributed by atoms with Crippen molar-refractivity contribution in [2.75, 3.05) is 21.2 Å². The highest BCUT2D eigenvalue weighted by molar-refractivity contribution is 7.89. The van der Waals surface area contributed by atoms with Gasteiger partial charge in [0.05, 0.1) is 23.1 Å². The van der Waals surface area contributed by atoms with E-state index in [2.05, 4.69) is 4.74 Å². The fraction of sp³-hybridized carbons (Fsp3) is 0.176. The molecule has 138 valence electrons. The standard InChI is InChI=1S/C17H16FNO6S/c1-19(2)26(22,23)13-8-9-15(18)14(10-13)17(21)25-12-6-4-11(5-7-12)16(20)24-3/h4-10H,1-3H3. The van der Waals surface area contributed by atoms with Gasteiger partial charge in [-0.1, -0.05) is 0 Å². The number of rotatable bonds is 5. The first-order valence-electron chi connectivity index (χ1n) is 7.29. The predicted octanol–water partition coefficient (Wildman–Crippen LogP) is 2.08. The number of halogens is 1. The highest BCUT2D eigenvalue weighted by Crippen LogP contribution is 2.20. The number of carbonyl (C=O) groups is 2. The number of benzene rings is 2. The van der Waals surface area contributed by atoms with Gasteiger partial charge in [0.25, 0.3) is 0 Å². The summed E-state index contributed by atoms with van der Waals surface area (Å²) >= 11 is 0. The van der Waals surface area contributed by atoms with Gasteiger partial charge < -0.3 is 9.47 Å². The Morgan fingerprint density at radius 2 is 1.62 bits per heavy atom. The number of hydrogen-bond acceptors (Lipinski definition) is 6. The van der Waals surface area contributed by atoms with E-state index in [0.29, 0.717) is 0 Å². The smallest absolute Gasteiger partial charge is 0.346 e. The zero-order valence-corrected chi connectivity index (χ0v) is 15.0. The number of ether oxygens (including phenoxy) is 2. The SMILES string of the molecule is COC(=O)c1ccc(OC(=O)c2cc(S(=O)(=O)N(C)C)ccc2F)cc1. The largest absolute Gasteiger partial charge is 0.465 e. The second-order valence-corrected chi connectivity index (χ2v) is 7.49. The third-order valence-electron chi connectivity index (χ3n) is 3.42. The Morgan fingerprint density at radius 1 is 1.00 bits per heavy atom. The lowest BCUT2D eigenvalue weighted by molar-refractivity contribution is 0.0600. The molecule has 0 radical (unpaired) electrons. The Hall–Kier alpha value is -2.78. The average molecular weight is 381 g/mol. The maximum Gasteiger partial charge on any atom is 0.346 e. The lowest BCUT2D eigenvalue weighted by atomic mass is 10.2. The van der Waals surface area contributed by atoms with Crippen LogP contribution in [0.2, 0.25) is 0 Å². The Morgan fingerprint density at radius 3 is 2.15 bits per heavy atom. The molecule has 0 aliphatic rings. The molecule has 0 atom stereocenters. The van der Waals surface area contributed by atoms with E-state index < -0.39 is 33.3 Å². The molecule has 0 aliphatic heterocycles. The van der Waals surface area contributed by atoms with Gasteiger partial charge >= 0.3 is 11.9 Å². The monoisotopic (exact) mass is 381 g/mol. The summed E-state index contributed by atoms with van der Waals surface area (Å²) in [5, 5.41) is 0. The van der Waals surface area contributed by atoms with E-state index in [1.807, 2.05) is 0 Å². The van der Waals surface area contributed by atoms with Gasteiger partial charge in [-0.3, -0.25) is 0 Å². The Bertz CT molecular complexity index is 938. The molecule has 0 saturated heterocycles. The molecule has 0 amide bonds. The summed E-state index contributed by atoms with van der Waals surface area (Å²) in [6.45, 7) is 0. The van der Waals surface area contributed by atoms with Crippen molar-refractivity contribution in [1.29, 1.82) is 0 Å². The van der Waals surface area contributed by atoms with Crippen molar-refractivity contribution in [3.05, 3.63) is 59.4 Å². The quantitative estimate of drug-likeness (QED) is 0.582. The number of carbonyl (C=O) groups excluding carboxylic acids is 2. The van der Waals surface area contributed by atoms with Gasteiger partial charge in [-0.05, 0) is 42.5 Å². The van der Waals surface area contributed by atoms with Crippen LogP contribution in [0, 0.1) is 5.82 Å². The summed E-state index contributed by atoms with van der Waals surface area (Å²) in [4.78, 5) is 23.3. The summed E-state index contributed by atoms with van der Waals surface area (Å²) in [6.07, 6.45) is 0. The zero-order chi connectivity index (χ0) is 19.5. The molecule has 9 heteroatoms. The highest BCUT2D eigenvalue weighted by Gasteiger charge is 2.22. The molecule has 0 fully saturated rings. The molecule has 0 heterocycles. The molecular formula is C17H16FNO6S. The number of sulfonamides is 1. The van der Waals surface area contributed by atoms with Gasteiger partial charge in [-0.15, -0.1) is 0 Å². The number of methoxy groups -OCH3 is 1. The fourth-order valence-electron chi connectivity index (χ4n) is 1.97. The van der Waals surface area contributed by atoms with Gasteiger partial charge in [0.1, 0.15) is 11.6 Å². The third-order valence-corrected chi connectivity index (χ3v) is 5.23. The van der Waals surface area contributed by atoms with E-state index in [1.165, 1.54) is 45.5 Å². The summed E-state index contributed by atoms with van der Waals surface area (Å²) in [5.41, 5.74) is -0.275. The van der Waals surface area contributed by atoms with Crippen LogP contribution in [0.15, 0.2) is 47.4 Å². The number of esters is 2. The summed E-state index contributed by atoms with van der Waals surface area (Å²) in [7, 11) is 0.0349. The van der Waals surface area contributed by atoms with Crippen molar-refractivity contribution in [2.24, 2.45) is 0 Å². The highest BCUT2D eigenvalue weighted by atomic mass is 32.2. The fourth-order valence-corrected chi connectivity index (χ4v) is 2.90. The summed E-state index contributed by atoms with van der Waals surface area (Å²) < 4.78 is 48.7. The van der Waals surface area contributed by atoms with E-state index >= 15 is 0 Å². The minimum Gasteiger partial charge on any atom is -0.465 e. The van der Waals surface area contributed by atoms with Gasteiger partial charge in [-0.25, -0.2) is 26.7 Å². The lowest BCUT2D eigenvalue weighted by Gasteiger charge is -2.12. The van der Waals surface area contributed by atoms with Crippen molar-refractivity contribution in [1.82, 2.24) is 4.31 Å². The third kappa shape index (κ3) is 4.06. The molecule has 2 aromatic rings. The lowest BCUT2D eigenvalue weighted by Crippen LogP contribution is -2.23. The molecule has 7 nitrogen and oxygen atoms in total. The van der Waals surface area contributed by atoms with Crippen LogP contribution in [-0.4, -0.2) is 45.9 Å². The zero-order valence-electron chi connectivity index (χ0n) is 14.2.